The average Bonchev–Trinajstić information content (AvgIpc) is 3.10. The van der Waals surface area contributed by atoms with Crippen molar-refractivity contribution in [1.82, 2.24) is 15.5 Å². The summed E-state index contributed by atoms with van der Waals surface area (Å²) in [6, 6.07) is 15.9. The predicted octanol–water partition coefficient (Wildman–Crippen LogP) is 3.17. The monoisotopic (exact) mass is 339 g/mol. The maximum absolute atomic E-state index is 13.1. The van der Waals surface area contributed by atoms with Crippen LogP contribution in [-0.4, -0.2) is 22.6 Å². The molecule has 0 atom stereocenters. The van der Waals surface area contributed by atoms with Crippen LogP contribution in [0.15, 0.2) is 59.1 Å². The smallest absolute Gasteiger partial charge is 0.227 e. The first kappa shape index (κ1) is 16.8. The quantitative estimate of drug-likeness (QED) is 0.718. The molecule has 1 N–H and O–H groups in total. The van der Waals surface area contributed by atoms with Gasteiger partial charge < -0.3 is 9.84 Å². The molecule has 25 heavy (non-hydrogen) atoms. The van der Waals surface area contributed by atoms with Crippen molar-refractivity contribution in [2.45, 2.75) is 19.3 Å². The molecule has 2 aromatic carbocycles. The summed E-state index contributed by atoms with van der Waals surface area (Å²) in [7, 11) is 0. The van der Waals surface area contributed by atoms with E-state index < -0.39 is 0 Å². The minimum absolute atomic E-state index is 0.101. The molecule has 1 heterocycles. The molecule has 0 unspecified atom stereocenters. The van der Waals surface area contributed by atoms with E-state index in [9.17, 15) is 9.18 Å². The molecule has 6 heteroatoms. The van der Waals surface area contributed by atoms with Gasteiger partial charge in [-0.05, 0) is 24.1 Å². The highest BCUT2D eigenvalue weighted by Crippen LogP contribution is 2.15. The molecule has 1 aromatic heterocycles. The van der Waals surface area contributed by atoms with Gasteiger partial charge in [0.2, 0.25) is 17.6 Å². The summed E-state index contributed by atoms with van der Waals surface area (Å²) < 4.78 is 18.2. The van der Waals surface area contributed by atoms with Crippen molar-refractivity contribution >= 4 is 5.91 Å². The number of hydrogen-bond acceptors (Lipinski definition) is 4. The van der Waals surface area contributed by atoms with Crippen molar-refractivity contribution in [1.29, 1.82) is 0 Å². The number of amides is 1. The van der Waals surface area contributed by atoms with Crippen LogP contribution in [0.3, 0.4) is 0 Å². The fraction of sp³-hybridized carbons (Fsp3) is 0.211. The maximum Gasteiger partial charge on any atom is 0.227 e. The van der Waals surface area contributed by atoms with Crippen molar-refractivity contribution in [2.75, 3.05) is 6.54 Å². The summed E-state index contributed by atoms with van der Waals surface area (Å²) in [5.41, 5.74) is 1.72. The van der Waals surface area contributed by atoms with Gasteiger partial charge in [0.15, 0.2) is 0 Å². The number of carbonyl (C=O) groups excluding carboxylic acids is 1. The van der Waals surface area contributed by atoms with E-state index in [0.717, 1.165) is 11.1 Å². The third-order valence-electron chi connectivity index (χ3n) is 3.69. The van der Waals surface area contributed by atoms with Gasteiger partial charge in [0.05, 0.1) is 0 Å². The van der Waals surface area contributed by atoms with Gasteiger partial charge in [-0.2, -0.15) is 4.98 Å². The molecule has 128 valence electrons. The van der Waals surface area contributed by atoms with Crippen LogP contribution >= 0.6 is 0 Å². The third-order valence-corrected chi connectivity index (χ3v) is 3.69. The summed E-state index contributed by atoms with van der Waals surface area (Å²) in [4.78, 5) is 16.2. The van der Waals surface area contributed by atoms with E-state index >= 15 is 0 Å². The van der Waals surface area contributed by atoms with Crippen LogP contribution in [0.5, 0.6) is 0 Å². The number of benzene rings is 2. The largest absolute Gasteiger partial charge is 0.356 e. The SMILES string of the molecule is O=C(CCc1nc(-c2ccccc2)no1)NCCc1cccc(F)c1. The second kappa shape index (κ2) is 8.19. The van der Waals surface area contributed by atoms with Gasteiger partial charge in [-0.15, -0.1) is 0 Å². The van der Waals surface area contributed by atoms with Gasteiger partial charge in [0, 0.05) is 24.9 Å². The predicted molar refractivity (Wildman–Crippen MR) is 91.2 cm³/mol. The molecule has 0 saturated heterocycles. The Hall–Kier alpha value is -3.02. The van der Waals surface area contributed by atoms with Crippen molar-refractivity contribution in [3.8, 4) is 11.4 Å². The maximum atomic E-state index is 13.1. The molecule has 0 aliphatic carbocycles. The van der Waals surface area contributed by atoms with E-state index in [1.54, 1.807) is 6.07 Å². The fourth-order valence-corrected chi connectivity index (χ4v) is 2.41. The lowest BCUT2D eigenvalue weighted by Gasteiger charge is -2.04. The van der Waals surface area contributed by atoms with Crippen LogP contribution in [0.4, 0.5) is 4.39 Å². The fourth-order valence-electron chi connectivity index (χ4n) is 2.41. The van der Waals surface area contributed by atoms with Crippen LogP contribution in [0, 0.1) is 5.82 Å². The van der Waals surface area contributed by atoms with Crippen LogP contribution in [-0.2, 0) is 17.6 Å². The number of rotatable bonds is 7. The van der Waals surface area contributed by atoms with Crippen LogP contribution in [0.2, 0.25) is 0 Å². The van der Waals surface area contributed by atoms with Gasteiger partial charge in [0.25, 0.3) is 0 Å². The van der Waals surface area contributed by atoms with E-state index in [0.29, 0.717) is 31.1 Å². The lowest BCUT2D eigenvalue weighted by Crippen LogP contribution is -2.25. The van der Waals surface area contributed by atoms with Gasteiger partial charge in [-0.25, -0.2) is 4.39 Å². The second-order valence-corrected chi connectivity index (χ2v) is 5.61. The highest BCUT2D eigenvalue weighted by molar-refractivity contribution is 5.76. The molecule has 1 amide bonds. The molecule has 0 saturated carbocycles. The minimum Gasteiger partial charge on any atom is -0.356 e. The average molecular weight is 339 g/mol. The van der Waals surface area contributed by atoms with E-state index in [2.05, 4.69) is 15.5 Å². The molecule has 0 aliphatic rings. The van der Waals surface area contributed by atoms with Gasteiger partial charge in [-0.3, -0.25) is 4.79 Å². The normalized spacial score (nSPS) is 10.6. The Morgan fingerprint density at radius 2 is 1.92 bits per heavy atom. The number of aromatic nitrogens is 2. The molecular weight excluding hydrogens is 321 g/mol. The van der Waals surface area contributed by atoms with Crippen LogP contribution in [0.25, 0.3) is 11.4 Å². The molecule has 5 nitrogen and oxygen atoms in total. The van der Waals surface area contributed by atoms with Crippen molar-refractivity contribution in [3.63, 3.8) is 0 Å². The molecule has 0 fully saturated rings. The third kappa shape index (κ3) is 4.97. The molecule has 0 radical (unpaired) electrons. The molecule has 0 aliphatic heterocycles. The Morgan fingerprint density at radius 3 is 2.72 bits per heavy atom. The van der Waals surface area contributed by atoms with E-state index in [4.69, 9.17) is 4.52 Å². The zero-order chi connectivity index (χ0) is 17.5. The highest BCUT2D eigenvalue weighted by Gasteiger charge is 2.10. The first-order valence-corrected chi connectivity index (χ1v) is 8.10. The number of carbonyl (C=O) groups is 1. The van der Waals surface area contributed by atoms with Crippen molar-refractivity contribution in [3.05, 3.63) is 71.9 Å². The lowest BCUT2D eigenvalue weighted by atomic mass is 10.1. The second-order valence-electron chi connectivity index (χ2n) is 5.61. The molecular formula is C19H18FN3O2. The van der Waals surface area contributed by atoms with Gasteiger partial charge >= 0.3 is 0 Å². The van der Waals surface area contributed by atoms with Crippen LogP contribution < -0.4 is 5.32 Å². The summed E-state index contributed by atoms with van der Waals surface area (Å²) in [6.07, 6.45) is 1.23. The number of aryl methyl sites for hydroxylation is 1. The van der Waals surface area contributed by atoms with Crippen molar-refractivity contribution in [2.24, 2.45) is 0 Å². The Morgan fingerprint density at radius 1 is 1.08 bits per heavy atom. The first-order valence-electron chi connectivity index (χ1n) is 8.10. The Kier molecular flexibility index (Phi) is 5.51. The summed E-state index contributed by atoms with van der Waals surface area (Å²) in [6.45, 7) is 0.460. The van der Waals surface area contributed by atoms with E-state index in [1.165, 1.54) is 12.1 Å². The molecule has 0 bridgehead atoms. The number of halogens is 1. The summed E-state index contributed by atoms with van der Waals surface area (Å²) >= 11 is 0. The Labute approximate surface area is 144 Å². The van der Waals surface area contributed by atoms with E-state index in [1.807, 2.05) is 36.4 Å². The first-order chi connectivity index (χ1) is 12.2. The standard InChI is InChI=1S/C19H18FN3O2/c20-16-8-4-5-14(13-16)11-12-21-17(24)9-10-18-22-19(23-25-18)15-6-2-1-3-7-15/h1-8,13H,9-12H2,(H,21,24). The Bertz CT molecular complexity index is 833. The van der Waals surface area contributed by atoms with Crippen molar-refractivity contribution < 1.29 is 13.7 Å². The van der Waals surface area contributed by atoms with Gasteiger partial charge in [0.1, 0.15) is 5.82 Å². The summed E-state index contributed by atoms with van der Waals surface area (Å²) in [5, 5.41) is 6.73. The topological polar surface area (TPSA) is 68.0 Å². The number of hydrogen-bond donors (Lipinski definition) is 1. The van der Waals surface area contributed by atoms with Gasteiger partial charge in [-0.1, -0.05) is 47.6 Å². The highest BCUT2D eigenvalue weighted by atomic mass is 19.1. The lowest BCUT2D eigenvalue weighted by molar-refractivity contribution is -0.121. The molecule has 0 spiro atoms. The Balaban J connectivity index is 1.43. The number of nitrogens with zero attached hydrogens (tertiary/aromatic N) is 2. The molecule has 3 rings (SSSR count). The zero-order valence-electron chi connectivity index (χ0n) is 13.6. The van der Waals surface area contributed by atoms with E-state index in [-0.39, 0.29) is 18.1 Å². The van der Waals surface area contributed by atoms with Crippen LogP contribution in [0.1, 0.15) is 17.9 Å². The molecule has 3 aromatic rings. The zero-order valence-corrected chi connectivity index (χ0v) is 13.6. The number of nitrogens with one attached hydrogen (secondary N) is 1. The summed E-state index contributed by atoms with van der Waals surface area (Å²) in [5.74, 6) is 0.576. The minimum atomic E-state index is -0.269.